The van der Waals surface area contributed by atoms with Crippen molar-refractivity contribution in [3.05, 3.63) is 36.8 Å². The van der Waals surface area contributed by atoms with Crippen LogP contribution in [0.3, 0.4) is 0 Å². The Morgan fingerprint density at radius 2 is 2.00 bits per heavy atom. The van der Waals surface area contributed by atoms with E-state index in [1.165, 1.54) is 16.0 Å². The van der Waals surface area contributed by atoms with Crippen molar-refractivity contribution in [2.24, 2.45) is 0 Å². The normalized spacial score (nSPS) is 16.6. The molecule has 0 aliphatic carbocycles. The van der Waals surface area contributed by atoms with Gasteiger partial charge in [0.05, 0.1) is 6.54 Å². The number of urea groups is 1. The van der Waals surface area contributed by atoms with Gasteiger partial charge >= 0.3 is 12.2 Å². The lowest BCUT2D eigenvalue weighted by molar-refractivity contribution is -0.139. The van der Waals surface area contributed by atoms with E-state index in [9.17, 15) is 22.8 Å². The van der Waals surface area contributed by atoms with E-state index in [-0.39, 0.29) is 25.7 Å². The number of nitrogens with zero attached hydrogens (tertiary/aromatic N) is 6. The van der Waals surface area contributed by atoms with Gasteiger partial charge in [-0.3, -0.25) is 4.79 Å². The lowest BCUT2D eigenvalue weighted by atomic mass is 10.1. The highest BCUT2D eigenvalue weighted by Gasteiger charge is 2.37. The van der Waals surface area contributed by atoms with Crippen LogP contribution in [0.25, 0.3) is 22.4 Å². The molecule has 180 valence electrons. The minimum absolute atomic E-state index is 0.0863. The van der Waals surface area contributed by atoms with Crippen molar-refractivity contribution in [2.75, 3.05) is 45.2 Å². The molecule has 0 spiro atoms. The molecular formula is C21H23F3N8O2. The van der Waals surface area contributed by atoms with E-state index < -0.39 is 24.7 Å². The molecule has 3 aromatic heterocycles. The number of rotatable bonds is 4. The van der Waals surface area contributed by atoms with Crippen molar-refractivity contribution >= 4 is 28.8 Å². The van der Waals surface area contributed by atoms with Crippen LogP contribution in [0.2, 0.25) is 0 Å². The number of amides is 3. The lowest BCUT2D eigenvalue weighted by Crippen LogP contribution is -2.62. The number of anilines is 1. The number of carbonyl (C=O) groups excluding carboxylic acids is 2. The second kappa shape index (κ2) is 9.15. The fourth-order valence-electron chi connectivity index (χ4n) is 3.82. The van der Waals surface area contributed by atoms with E-state index in [0.717, 1.165) is 5.39 Å². The summed E-state index contributed by atoms with van der Waals surface area (Å²) >= 11 is 0. The molecule has 0 aromatic carbocycles. The molecule has 0 bridgehead atoms. The number of nitrogens with one attached hydrogen (secondary N) is 2. The van der Waals surface area contributed by atoms with Gasteiger partial charge in [0.25, 0.3) is 0 Å². The molecule has 1 atom stereocenters. The minimum Gasteiger partial charge on any atom is -0.345 e. The topological polar surface area (TPSA) is 110 Å². The molecule has 1 unspecified atom stereocenters. The number of piperazine rings is 1. The number of carbonyl (C=O) groups is 2. The van der Waals surface area contributed by atoms with Gasteiger partial charge in [-0.05, 0) is 18.2 Å². The molecule has 13 heteroatoms. The molecule has 3 amide bonds. The van der Waals surface area contributed by atoms with Gasteiger partial charge in [-0.2, -0.15) is 13.2 Å². The van der Waals surface area contributed by atoms with Crippen LogP contribution >= 0.6 is 0 Å². The molecule has 1 fully saturated rings. The number of aromatic nitrogens is 4. The standard InChI is InChI=1S/C21H23F3N8O2/c1-30(2)20(34)31-8-9-32(15(11-31)19(33)28-12-21(22,23)24)16-5-7-26-18(29-16)14-10-27-17-13(14)4-3-6-25-17/h3-7,10,15H,8-9,11-12H2,1-2H3,(H,25,27)(H,28,33). The number of H-pyrrole nitrogens is 1. The van der Waals surface area contributed by atoms with Crippen LogP contribution in [0.1, 0.15) is 0 Å². The molecule has 1 aliphatic rings. The Morgan fingerprint density at radius 1 is 1.21 bits per heavy atom. The van der Waals surface area contributed by atoms with Crippen LogP contribution in [0.15, 0.2) is 36.8 Å². The first-order valence-electron chi connectivity index (χ1n) is 10.5. The van der Waals surface area contributed by atoms with E-state index in [1.807, 2.05) is 11.4 Å². The molecule has 4 heterocycles. The van der Waals surface area contributed by atoms with Gasteiger partial charge in [0.15, 0.2) is 5.82 Å². The van der Waals surface area contributed by atoms with Crippen molar-refractivity contribution in [1.82, 2.24) is 35.1 Å². The number of halogens is 3. The number of fused-ring (bicyclic) bond motifs is 1. The maximum atomic E-state index is 12.8. The molecule has 3 aromatic rings. The zero-order valence-corrected chi connectivity index (χ0v) is 18.5. The largest absolute Gasteiger partial charge is 0.405 e. The zero-order chi connectivity index (χ0) is 24.5. The first-order chi connectivity index (χ1) is 16.1. The van der Waals surface area contributed by atoms with Crippen LogP contribution in [0.4, 0.5) is 23.8 Å². The number of pyridine rings is 1. The zero-order valence-electron chi connectivity index (χ0n) is 18.5. The molecule has 1 aliphatic heterocycles. The Hall–Kier alpha value is -3.90. The Balaban J connectivity index is 1.64. The van der Waals surface area contributed by atoms with E-state index in [0.29, 0.717) is 22.9 Å². The maximum Gasteiger partial charge on any atom is 0.405 e. The number of hydrogen-bond acceptors (Lipinski definition) is 6. The molecule has 1 saturated heterocycles. The summed E-state index contributed by atoms with van der Waals surface area (Å²) in [4.78, 5) is 45.8. The predicted octanol–water partition coefficient (Wildman–Crippen LogP) is 1.87. The van der Waals surface area contributed by atoms with Crippen molar-refractivity contribution in [3.8, 4) is 11.4 Å². The first kappa shape index (κ1) is 23.3. The van der Waals surface area contributed by atoms with Gasteiger partial charge < -0.3 is 25.0 Å². The van der Waals surface area contributed by atoms with Crippen molar-refractivity contribution in [3.63, 3.8) is 0 Å². The van der Waals surface area contributed by atoms with Crippen LogP contribution in [0.5, 0.6) is 0 Å². The van der Waals surface area contributed by atoms with E-state index >= 15 is 0 Å². The summed E-state index contributed by atoms with van der Waals surface area (Å²) in [6.45, 7) is -1.07. The first-order valence-corrected chi connectivity index (χ1v) is 10.5. The molecule has 2 N–H and O–H groups in total. The summed E-state index contributed by atoms with van der Waals surface area (Å²) in [6.07, 6.45) is 0.338. The second-order valence-corrected chi connectivity index (χ2v) is 8.01. The van der Waals surface area contributed by atoms with Crippen LogP contribution in [0, 0.1) is 0 Å². The van der Waals surface area contributed by atoms with Gasteiger partial charge in [-0.15, -0.1) is 0 Å². The lowest BCUT2D eigenvalue weighted by Gasteiger charge is -2.41. The van der Waals surface area contributed by atoms with Gasteiger partial charge in [0, 0.05) is 56.7 Å². The van der Waals surface area contributed by atoms with Gasteiger partial charge in [0.2, 0.25) is 5.91 Å². The van der Waals surface area contributed by atoms with Crippen molar-refractivity contribution in [2.45, 2.75) is 12.2 Å². The highest BCUT2D eigenvalue weighted by Crippen LogP contribution is 2.27. The Bertz CT molecular complexity index is 1200. The molecule has 0 radical (unpaired) electrons. The minimum atomic E-state index is -4.56. The fraction of sp³-hybridized carbons (Fsp3) is 0.381. The van der Waals surface area contributed by atoms with Crippen LogP contribution in [-0.2, 0) is 4.79 Å². The molecular weight excluding hydrogens is 453 g/mol. The average molecular weight is 476 g/mol. The SMILES string of the molecule is CN(C)C(=O)N1CCN(c2ccnc(-c3c[nH]c4ncccc34)n2)C(C(=O)NCC(F)(F)F)C1. The molecule has 34 heavy (non-hydrogen) atoms. The number of alkyl halides is 3. The summed E-state index contributed by atoms with van der Waals surface area (Å²) in [5.41, 5.74) is 1.36. The van der Waals surface area contributed by atoms with Gasteiger partial charge in [-0.1, -0.05) is 0 Å². The highest BCUT2D eigenvalue weighted by atomic mass is 19.4. The third-order valence-electron chi connectivity index (χ3n) is 5.43. The quantitative estimate of drug-likeness (QED) is 0.595. The fourth-order valence-corrected chi connectivity index (χ4v) is 3.82. The molecule has 4 rings (SSSR count). The Morgan fingerprint density at radius 3 is 2.74 bits per heavy atom. The summed E-state index contributed by atoms with van der Waals surface area (Å²) in [5, 5.41) is 2.74. The third kappa shape index (κ3) is 4.87. The van der Waals surface area contributed by atoms with Gasteiger partial charge in [0.1, 0.15) is 24.1 Å². The van der Waals surface area contributed by atoms with E-state index in [1.54, 1.807) is 43.5 Å². The highest BCUT2D eigenvalue weighted by molar-refractivity contribution is 5.92. The van der Waals surface area contributed by atoms with Crippen molar-refractivity contribution in [1.29, 1.82) is 0 Å². The summed E-state index contributed by atoms with van der Waals surface area (Å²) < 4.78 is 38.2. The average Bonchev–Trinajstić information content (AvgIpc) is 3.25. The third-order valence-corrected chi connectivity index (χ3v) is 5.43. The molecule has 10 nitrogen and oxygen atoms in total. The second-order valence-electron chi connectivity index (χ2n) is 8.01. The number of aromatic amines is 1. The molecule has 0 saturated carbocycles. The van der Waals surface area contributed by atoms with Gasteiger partial charge in [-0.25, -0.2) is 19.7 Å². The summed E-state index contributed by atoms with van der Waals surface area (Å²) in [6, 6.07) is 3.84. The van der Waals surface area contributed by atoms with E-state index in [2.05, 4.69) is 19.9 Å². The van der Waals surface area contributed by atoms with E-state index in [4.69, 9.17) is 0 Å². The Kier molecular flexibility index (Phi) is 6.26. The summed E-state index contributed by atoms with van der Waals surface area (Å²) in [5.74, 6) is -0.101. The van der Waals surface area contributed by atoms with Crippen molar-refractivity contribution < 1.29 is 22.8 Å². The van der Waals surface area contributed by atoms with Crippen LogP contribution in [-0.4, -0.2) is 94.2 Å². The monoisotopic (exact) mass is 476 g/mol. The predicted molar refractivity (Wildman–Crippen MR) is 118 cm³/mol. The smallest absolute Gasteiger partial charge is 0.345 e. The summed E-state index contributed by atoms with van der Waals surface area (Å²) in [7, 11) is 3.14. The Labute approximate surface area is 192 Å². The maximum absolute atomic E-state index is 12.8. The number of hydrogen-bond donors (Lipinski definition) is 2. The van der Waals surface area contributed by atoms with Crippen LogP contribution < -0.4 is 10.2 Å².